The molecule has 2 aromatic heterocycles. The van der Waals surface area contributed by atoms with Crippen LogP contribution in [0.1, 0.15) is 58.1 Å². The van der Waals surface area contributed by atoms with Gasteiger partial charge in [0.15, 0.2) is 5.16 Å². The lowest BCUT2D eigenvalue weighted by Gasteiger charge is -2.34. The Bertz CT molecular complexity index is 925. The zero-order valence-electron chi connectivity index (χ0n) is 19.5. The minimum absolute atomic E-state index is 0.0837. The lowest BCUT2D eigenvalue weighted by molar-refractivity contribution is -0.117. The quantitative estimate of drug-likeness (QED) is 0.590. The minimum Gasteiger partial charge on any atom is -0.467 e. The lowest BCUT2D eigenvalue weighted by Crippen LogP contribution is -2.49. The van der Waals surface area contributed by atoms with Crippen molar-refractivity contribution >= 4 is 29.6 Å². The van der Waals surface area contributed by atoms with Gasteiger partial charge in [0.25, 0.3) is 0 Å². The first kappa shape index (κ1) is 23.7. The van der Waals surface area contributed by atoms with Crippen LogP contribution in [-0.2, 0) is 11.3 Å². The summed E-state index contributed by atoms with van der Waals surface area (Å²) in [4.78, 5) is 27.1. The van der Waals surface area contributed by atoms with Crippen LogP contribution in [0, 0.1) is 11.8 Å². The smallest absolute Gasteiger partial charge is 0.321 e. The fourth-order valence-corrected chi connectivity index (χ4v) is 5.43. The number of rotatable bonds is 7. The van der Waals surface area contributed by atoms with Gasteiger partial charge in [-0.25, -0.2) is 4.79 Å². The first-order chi connectivity index (χ1) is 16.0. The normalized spacial score (nSPS) is 23.3. The van der Waals surface area contributed by atoms with Crippen LogP contribution >= 0.6 is 11.8 Å². The molecule has 1 aliphatic heterocycles. The van der Waals surface area contributed by atoms with Crippen LogP contribution in [-0.4, -0.2) is 51.6 Å². The van der Waals surface area contributed by atoms with E-state index in [0.29, 0.717) is 23.5 Å². The lowest BCUT2D eigenvalue weighted by atomic mass is 9.78. The van der Waals surface area contributed by atoms with Crippen molar-refractivity contribution in [1.29, 1.82) is 0 Å². The molecule has 33 heavy (non-hydrogen) atoms. The molecule has 3 amide bonds. The highest BCUT2D eigenvalue weighted by atomic mass is 32.2. The zero-order valence-corrected chi connectivity index (χ0v) is 20.3. The molecule has 3 heterocycles. The summed E-state index contributed by atoms with van der Waals surface area (Å²) in [5.74, 6) is 2.32. The number of urea groups is 1. The van der Waals surface area contributed by atoms with E-state index < -0.39 is 6.03 Å². The molecule has 1 saturated carbocycles. The third-order valence-corrected chi connectivity index (χ3v) is 7.81. The Morgan fingerprint density at radius 3 is 2.73 bits per heavy atom. The highest BCUT2D eigenvalue weighted by molar-refractivity contribution is 7.99. The average Bonchev–Trinajstić information content (AvgIpc) is 3.46. The Balaban J connectivity index is 1.35. The standard InChI is InChI=1S/C23H34N6O3S/c1-16-8-6-10-19(17(16)2)24-21(31)25-20(30)15-33-23-27-26-22(28-11-4-3-5-12-28)29(23)14-18-9-7-13-32-18/h7,9,13,16-17,19H,3-6,8,10-12,14-15H2,1-2H3,(H2,24,25,30,31). The first-order valence-corrected chi connectivity index (χ1v) is 12.9. The van der Waals surface area contributed by atoms with Crippen molar-refractivity contribution in [2.75, 3.05) is 23.7 Å². The molecule has 2 aliphatic rings. The number of amides is 3. The predicted octanol–water partition coefficient (Wildman–Crippen LogP) is 3.65. The molecule has 2 fully saturated rings. The number of carbonyl (C=O) groups is 2. The van der Waals surface area contributed by atoms with Gasteiger partial charge in [0.2, 0.25) is 11.9 Å². The van der Waals surface area contributed by atoms with Gasteiger partial charge in [0.1, 0.15) is 5.76 Å². The van der Waals surface area contributed by atoms with Gasteiger partial charge in [-0.2, -0.15) is 0 Å². The van der Waals surface area contributed by atoms with Crippen LogP contribution in [0.2, 0.25) is 0 Å². The molecule has 180 valence electrons. The molecule has 0 aromatic carbocycles. The molecule has 1 aliphatic carbocycles. The Labute approximate surface area is 199 Å². The zero-order chi connectivity index (χ0) is 23.2. The number of nitrogens with zero attached hydrogens (tertiary/aromatic N) is 4. The number of carbonyl (C=O) groups excluding carboxylic acids is 2. The fourth-order valence-electron chi connectivity index (χ4n) is 4.70. The molecule has 9 nitrogen and oxygen atoms in total. The molecular formula is C23H34N6O3S. The second-order valence-electron chi connectivity index (χ2n) is 9.18. The van der Waals surface area contributed by atoms with E-state index in [0.717, 1.165) is 50.5 Å². The molecule has 3 unspecified atom stereocenters. The molecule has 2 N–H and O–H groups in total. The van der Waals surface area contributed by atoms with Crippen LogP contribution in [0.25, 0.3) is 0 Å². The number of nitrogens with one attached hydrogen (secondary N) is 2. The van der Waals surface area contributed by atoms with E-state index >= 15 is 0 Å². The topological polar surface area (TPSA) is 105 Å². The van der Waals surface area contributed by atoms with Gasteiger partial charge in [0, 0.05) is 19.1 Å². The number of piperidine rings is 1. The van der Waals surface area contributed by atoms with Crippen LogP contribution in [0.5, 0.6) is 0 Å². The Morgan fingerprint density at radius 1 is 1.15 bits per heavy atom. The van der Waals surface area contributed by atoms with E-state index in [2.05, 4.69) is 39.6 Å². The number of hydrogen-bond donors (Lipinski definition) is 2. The number of anilines is 1. The van der Waals surface area contributed by atoms with Gasteiger partial charge in [-0.1, -0.05) is 38.5 Å². The predicted molar refractivity (Wildman–Crippen MR) is 127 cm³/mol. The van der Waals surface area contributed by atoms with Crippen LogP contribution in [0.15, 0.2) is 28.0 Å². The van der Waals surface area contributed by atoms with Gasteiger partial charge < -0.3 is 14.6 Å². The van der Waals surface area contributed by atoms with Gasteiger partial charge in [-0.3, -0.25) is 14.7 Å². The molecule has 3 atom stereocenters. The van der Waals surface area contributed by atoms with Gasteiger partial charge in [-0.15, -0.1) is 10.2 Å². The summed E-state index contributed by atoms with van der Waals surface area (Å²) in [6.45, 7) is 6.76. The third-order valence-electron chi connectivity index (χ3n) is 6.84. The number of hydrogen-bond acceptors (Lipinski definition) is 7. The molecule has 10 heteroatoms. The maximum atomic E-state index is 12.5. The molecular weight excluding hydrogens is 440 g/mol. The summed E-state index contributed by atoms with van der Waals surface area (Å²) < 4.78 is 7.53. The van der Waals surface area contributed by atoms with Crippen LogP contribution < -0.4 is 15.5 Å². The third kappa shape index (κ3) is 6.10. The molecule has 1 saturated heterocycles. The van der Waals surface area contributed by atoms with E-state index in [1.807, 2.05) is 16.7 Å². The van der Waals surface area contributed by atoms with Crippen molar-refractivity contribution in [2.24, 2.45) is 11.8 Å². The summed E-state index contributed by atoms with van der Waals surface area (Å²) in [6.07, 6.45) is 8.38. The minimum atomic E-state index is -0.419. The van der Waals surface area contributed by atoms with Gasteiger partial charge >= 0.3 is 6.03 Å². The molecule has 0 bridgehead atoms. The maximum Gasteiger partial charge on any atom is 0.321 e. The van der Waals surface area contributed by atoms with Crippen molar-refractivity contribution < 1.29 is 14.0 Å². The van der Waals surface area contributed by atoms with E-state index in [1.165, 1.54) is 24.6 Å². The molecule has 0 radical (unpaired) electrons. The summed E-state index contributed by atoms with van der Waals surface area (Å²) in [5, 5.41) is 14.9. The van der Waals surface area contributed by atoms with Gasteiger partial charge in [0.05, 0.1) is 18.6 Å². The number of thioether (sulfide) groups is 1. The summed E-state index contributed by atoms with van der Waals surface area (Å²) in [6, 6.07) is 3.46. The number of aromatic nitrogens is 3. The van der Waals surface area contributed by atoms with E-state index in [9.17, 15) is 9.59 Å². The summed E-state index contributed by atoms with van der Waals surface area (Å²) in [5.41, 5.74) is 0. The van der Waals surface area contributed by atoms with Crippen LogP contribution in [0.3, 0.4) is 0 Å². The van der Waals surface area contributed by atoms with E-state index in [1.54, 1.807) is 6.26 Å². The Morgan fingerprint density at radius 2 is 1.97 bits per heavy atom. The molecule has 4 rings (SSSR count). The fraction of sp³-hybridized carbons (Fsp3) is 0.652. The van der Waals surface area contributed by atoms with Crippen molar-refractivity contribution in [3.63, 3.8) is 0 Å². The number of furan rings is 1. The largest absolute Gasteiger partial charge is 0.467 e. The first-order valence-electron chi connectivity index (χ1n) is 11.9. The van der Waals surface area contributed by atoms with Crippen molar-refractivity contribution in [1.82, 2.24) is 25.4 Å². The van der Waals surface area contributed by atoms with E-state index in [-0.39, 0.29) is 17.7 Å². The summed E-state index contributed by atoms with van der Waals surface area (Å²) >= 11 is 1.28. The van der Waals surface area contributed by atoms with Crippen molar-refractivity contribution in [2.45, 2.75) is 70.1 Å². The number of imide groups is 1. The SMILES string of the molecule is CC1CCCC(NC(=O)NC(=O)CSc2nnc(N3CCCCC3)n2Cc2ccco2)C1C. The van der Waals surface area contributed by atoms with E-state index in [4.69, 9.17) is 4.42 Å². The van der Waals surface area contributed by atoms with Crippen molar-refractivity contribution in [3.8, 4) is 0 Å². The molecule has 2 aromatic rings. The second-order valence-corrected chi connectivity index (χ2v) is 10.1. The average molecular weight is 475 g/mol. The highest BCUT2D eigenvalue weighted by Crippen LogP contribution is 2.29. The summed E-state index contributed by atoms with van der Waals surface area (Å²) in [7, 11) is 0. The van der Waals surface area contributed by atoms with Crippen molar-refractivity contribution in [3.05, 3.63) is 24.2 Å². The Kier molecular flexibility index (Phi) is 7.95. The monoisotopic (exact) mass is 474 g/mol. The molecule has 0 spiro atoms. The highest BCUT2D eigenvalue weighted by Gasteiger charge is 2.28. The van der Waals surface area contributed by atoms with Gasteiger partial charge in [-0.05, 0) is 49.7 Å². The Hall–Kier alpha value is -2.49. The maximum absolute atomic E-state index is 12.5. The van der Waals surface area contributed by atoms with Crippen LogP contribution in [0.4, 0.5) is 10.7 Å². The second kappa shape index (κ2) is 11.1.